The van der Waals surface area contributed by atoms with Crippen LogP contribution in [0.25, 0.3) is 22.2 Å². The number of rotatable bonds is 9. The lowest BCUT2D eigenvalue weighted by Crippen LogP contribution is -2.21. The second-order valence-electron chi connectivity index (χ2n) is 9.35. The van der Waals surface area contributed by atoms with E-state index in [0.29, 0.717) is 29.0 Å². The molecule has 2 aromatic carbocycles. The summed E-state index contributed by atoms with van der Waals surface area (Å²) >= 11 is 0. The number of nitrogens with two attached hydrogens (primary N) is 1. The van der Waals surface area contributed by atoms with Crippen molar-refractivity contribution in [2.24, 2.45) is 11.8 Å². The Kier molecular flexibility index (Phi) is 6.06. The van der Waals surface area contributed by atoms with Gasteiger partial charge in [-0.15, -0.1) is 0 Å². The van der Waals surface area contributed by atoms with E-state index in [9.17, 15) is 13.6 Å². The zero-order valence-electron chi connectivity index (χ0n) is 19.1. The summed E-state index contributed by atoms with van der Waals surface area (Å²) in [5, 5.41) is 3.65. The molecule has 3 N–H and O–H groups in total. The Morgan fingerprint density at radius 3 is 2.53 bits per heavy atom. The van der Waals surface area contributed by atoms with Crippen molar-refractivity contribution in [2.75, 3.05) is 17.7 Å². The van der Waals surface area contributed by atoms with Crippen LogP contribution < -0.4 is 15.8 Å². The molecule has 0 saturated heterocycles. The molecule has 8 heteroatoms. The van der Waals surface area contributed by atoms with Crippen LogP contribution in [-0.4, -0.2) is 29.8 Å². The van der Waals surface area contributed by atoms with Crippen molar-refractivity contribution in [3.05, 3.63) is 42.5 Å². The van der Waals surface area contributed by atoms with Crippen molar-refractivity contribution in [3.8, 4) is 17.0 Å². The van der Waals surface area contributed by atoms with E-state index in [1.807, 2.05) is 37.3 Å². The minimum Gasteiger partial charge on any atom is -0.488 e. The Hall–Kier alpha value is -3.29. The first kappa shape index (κ1) is 22.5. The molecule has 3 aromatic rings. The van der Waals surface area contributed by atoms with Crippen LogP contribution in [0, 0.1) is 11.8 Å². The predicted molar refractivity (Wildman–Crippen MR) is 128 cm³/mol. The van der Waals surface area contributed by atoms with E-state index in [-0.39, 0.29) is 6.10 Å². The maximum atomic E-state index is 12.6. The number of halogens is 2. The number of ether oxygens (including phenoxy) is 2. The van der Waals surface area contributed by atoms with Gasteiger partial charge in [-0.2, -0.15) is 0 Å². The summed E-state index contributed by atoms with van der Waals surface area (Å²) in [6.07, 6.45) is 1.47. The summed E-state index contributed by atoms with van der Waals surface area (Å²) in [7, 11) is 0. The number of hydrogen-bond acceptors (Lipinski definition) is 4. The largest absolute Gasteiger partial charge is 0.488 e. The zero-order valence-corrected chi connectivity index (χ0v) is 19.1. The Bertz CT molecular complexity index is 1180. The van der Waals surface area contributed by atoms with E-state index in [0.717, 1.165) is 54.4 Å². The summed E-state index contributed by atoms with van der Waals surface area (Å²) in [5.74, 6) is 1.45. The Morgan fingerprint density at radius 1 is 1.15 bits per heavy atom. The Balaban J connectivity index is 1.41. The van der Waals surface area contributed by atoms with Crippen molar-refractivity contribution in [1.29, 1.82) is 0 Å². The molecule has 5 rings (SSSR count). The number of aromatic nitrogens is 1. The summed E-state index contributed by atoms with van der Waals surface area (Å²) in [5.41, 5.74) is 10.5. The van der Waals surface area contributed by atoms with Crippen LogP contribution in [-0.2, 0) is 11.3 Å². The molecule has 1 atom stereocenters. The number of nitrogen functional groups attached to an aromatic ring is 1. The number of nitrogens with zero attached hydrogens (tertiary/aromatic N) is 1. The van der Waals surface area contributed by atoms with E-state index in [1.54, 1.807) is 12.1 Å². The average Bonchev–Trinajstić information content (AvgIpc) is 3.72. The van der Waals surface area contributed by atoms with Gasteiger partial charge >= 0.3 is 6.09 Å². The fourth-order valence-electron chi connectivity index (χ4n) is 4.35. The molecule has 1 aromatic heterocycles. The van der Waals surface area contributed by atoms with Crippen molar-refractivity contribution >= 4 is 28.4 Å². The first-order valence-corrected chi connectivity index (χ1v) is 11.8. The van der Waals surface area contributed by atoms with Crippen LogP contribution in [0.3, 0.4) is 0 Å². The third kappa shape index (κ3) is 4.95. The van der Waals surface area contributed by atoms with Gasteiger partial charge in [0.15, 0.2) is 0 Å². The fourth-order valence-corrected chi connectivity index (χ4v) is 4.35. The van der Waals surface area contributed by atoms with Gasteiger partial charge in [0.25, 0.3) is 6.43 Å². The van der Waals surface area contributed by atoms with Gasteiger partial charge in [0, 0.05) is 29.2 Å². The normalized spacial score (nSPS) is 16.6. The maximum Gasteiger partial charge on any atom is 0.411 e. The van der Waals surface area contributed by atoms with Crippen LogP contribution in [0.2, 0.25) is 0 Å². The summed E-state index contributed by atoms with van der Waals surface area (Å²) in [4.78, 5) is 12.2. The Labute approximate surface area is 197 Å². The number of fused-ring (bicyclic) bond motifs is 1. The van der Waals surface area contributed by atoms with Gasteiger partial charge in [-0.1, -0.05) is 12.1 Å². The van der Waals surface area contributed by atoms with Gasteiger partial charge in [-0.05, 0) is 68.7 Å². The maximum absolute atomic E-state index is 12.6. The molecule has 2 aliphatic rings. The second kappa shape index (κ2) is 9.16. The molecule has 0 radical (unpaired) electrons. The molecule has 180 valence electrons. The van der Waals surface area contributed by atoms with Crippen LogP contribution >= 0.6 is 0 Å². The highest BCUT2D eigenvalue weighted by Gasteiger charge is 2.30. The number of nitrogens with one attached hydrogen (secondary N) is 1. The smallest absolute Gasteiger partial charge is 0.411 e. The van der Waals surface area contributed by atoms with Crippen LogP contribution in [0.15, 0.2) is 42.5 Å². The highest BCUT2D eigenvalue weighted by molar-refractivity contribution is 6.01. The van der Waals surface area contributed by atoms with Crippen molar-refractivity contribution in [3.63, 3.8) is 0 Å². The first-order valence-electron chi connectivity index (χ1n) is 11.8. The quantitative estimate of drug-likeness (QED) is 0.386. The monoisotopic (exact) mass is 469 g/mol. The van der Waals surface area contributed by atoms with Crippen LogP contribution in [0.1, 0.15) is 32.6 Å². The van der Waals surface area contributed by atoms with Crippen molar-refractivity contribution in [2.45, 2.75) is 51.7 Å². The first-order chi connectivity index (χ1) is 16.4. The lowest BCUT2D eigenvalue weighted by molar-refractivity contribution is 0.0819. The van der Waals surface area contributed by atoms with Gasteiger partial charge in [0.2, 0.25) is 0 Å². The number of alkyl halides is 2. The van der Waals surface area contributed by atoms with E-state index in [1.165, 1.54) is 0 Å². The third-order valence-corrected chi connectivity index (χ3v) is 6.57. The number of anilines is 2. The highest BCUT2D eigenvalue weighted by Crippen LogP contribution is 2.41. The number of benzene rings is 2. The van der Waals surface area contributed by atoms with E-state index >= 15 is 0 Å². The minimum absolute atomic E-state index is 0.0771. The average molecular weight is 470 g/mol. The second-order valence-corrected chi connectivity index (χ2v) is 9.35. The topological polar surface area (TPSA) is 78.5 Å². The zero-order chi connectivity index (χ0) is 23.8. The van der Waals surface area contributed by atoms with Crippen LogP contribution in [0.5, 0.6) is 5.75 Å². The van der Waals surface area contributed by atoms with Gasteiger partial charge in [0.05, 0.1) is 16.9 Å². The van der Waals surface area contributed by atoms with Gasteiger partial charge in [-0.25, -0.2) is 13.6 Å². The molecule has 0 bridgehead atoms. The van der Waals surface area contributed by atoms with E-state index < -0.39 is 19.1 Å². The highest BCUT2D eigenvalue weighted by atomic mass is 19.3. The van der Waals surface area contributed by atoms with Crippen LogP contribution in [0.4, 0.5) is 25.0 Å². The molecule has 2 fully saturated rings. The number of carbonyl (C=O) groups excluding carboxylic acids is 1. The third-order valence-electron chi connectivity index (χ3n) is 6.57. The molecule has 2 aliphatic carbocycles. The molecule has 1 amide bonds. The molecule has 0 unspecified atom stereocenters. The lowest BCUT2D eigenvalue weighted by atomic mass is 10.1. The summed E-state index contributed by atoms with van der Waals surface area (Å²) in [6.45, 7) is 2.08. The summed E-state index contributed by atoms with van der Waals surface area (Å²) < 4.78 is 38.1. The number of hydrogen-bond donors (Lipinski definition) is 2. The van der Waals surface area contributed by atoms with E-state index in [2.05, 4.69) is 9.88 Å². The fraction of sp³-hybridized carbons (Fsp3) is 0.423. The molecular formula is C26H29F2N3O3. The molecule has 2 saturated carbocycles. The predicted octanol–water partition coefficient (Wildman–Crippen LogP) is 6.29. The molecule has 1 heterocycles. The summed E-state index contributed by atoms with van der Waals surface area (Å²) in [6, 6.07) is 12.8. The molecule has 6 nitrogen and oxygen atoms in total. The lowest BCUT2D eigenvalue weighted by Gasteiger charge is -2.14. The molecule has 0 aliphatic heterocycles. The minimum atomic E-state index is -2.53. The van der Waals surface area contributed by atoms with Crippen molar-refractivity contribution in [1.82, 2.24) is 4.57 Å². The Morgan fingerprint density at radius 2 is 1.88 bits per heavy atom. The van der Waals surface area contributed by atoms with Gasteiger partial charge < -0.3 is 19.8 Å². The van der Waals surface area contributed by atoms with Gasteiger partial charge in [-0.3, -0.25) is 5.32 Å². The standard InChI is InChI=1S/C26H29F2N3O3/c1-15(17-4-5-17)34-26(32)30-19-8-6-18(7-9-19)25-24(29)21-11-10-20(33-14-23(27)28)12-22(21)31(25)13-16-2-3-16/h6-12,15-17,23H,2-5,13-14,29H2,1H3,(H,30,32)/t15-/m1/s1. The van der Waals surface area contributed by atoms with E-state index in [4.69, 9.17) is 15.2 Å². The SMILES string of the molecule is C[C@@H](OC(=O)Nc1ccc(-c2c(N)c3ccc(OCC(F)F)cc3n2CC2CC2)cc1)C1CC1. The molecule has 34 heavy (non-hydrogen) atoms. The van der Waals surface area contributed by atoms with Gasteiger partial charge in [0.1, 0.15) is 18.5 Å². The molecular weight excluding hydrogens is 440 g/mol. The number of amides is 1. The van der Waals surface area contributed by atoms with Crippen molar-refractivity contribution < 1.29 is 23.0 Å². The number of carbonyl (C=O) groups is 1. The molecule has 0 spiro atoms.